The van der Waals surface area contributed by atoms with E-state index in [4.69, 9.17) is 5.73 Å². The molecule has 1 rings (SSSR count). The first-order valence-corrected chi connectivity index (χ1v) is 5.61. The van der Waals surface area contributed by atoms with E-state index in [1.54, 1.807) is 6.92 Å². The van der Waals surface area contributed by atoms with Crippen LogP contribution in [0.25, 0.3) is 0 Å². The lowest BCUT2D eigenvalue weighted by Crippen LogP contribution is -2.40. The maximum absolute atomic E-state index is 12.7. The third kappa shape index (κ3) is 4.40. The molecule has 0 radical (unpaired) electrons. The van der Waals surface area contributed by atoms with Gasteiger partial charge in [0.25, 0.3) is 0 Å². The molecule has 1 atom stereocenters. The summed E-state index contributed by atoms with van der Waals surface area (Å²) in [5, 5.41) is 5.37. The summed E-state index contributed by atoms with van der Waals surface area (Å²) in [4.78, 5) is 22.6. The first-order valence-electron chi connectivity index (χ1n) is 5.61. The number of halogens is 1. The zero-order chi connectivity index (χ0) is 13.5. The van der Waals surface area contributed by atoms with Gasteiger partial charge in [0, 0.05) is 12.2 Å². The van der Waals surface area contributed by atoms with Crippen LogP contribution in [0, 0.1) is 5.82 Å². The van der Waals surface area contributed by atoms with Gasteiger partial charge in [0.2, 0.25) is 11.8 Å². The van der Waals surface area contributed by atoms with E-state index < -0.39 is 11.9 Å². The minimum absolute atomic E-state index is 0.0550. The molecule has 0 aliphatic heterocycles. The molecule has 1 aromatic rings. The number of benzene rings is 1. The number of hydrogen-bond acceptors (Lipinski definition) is 3. The van der Waals surface area contributed by atoms with Crippen molar-refractivity contribution in [1.82, 2.24) is 5.32 Å². The third-order valence-electron chi connectivity index (χ3n) is 2.29. The van der Waals surface area contributed by atoms with Crippen molar-refractivity contribution in [3.63, 3.8) is 0 Å². The van der Waals surface area contributed by atoms with Crippen molar-refractivity contribution in [1.29, 1.82) is 0 Å². The van der Waals surface area contributed by atoms with E-state index in [0.717, 1.165) is 0 Å². The van der Waals surface area contributed by atoms with Crippen LogP contribution in [0.15, 0.2) is 24.3 Å². The van der Waals surface area contributed by atoms with Crippen LogP contribution < -0.4 is 16.4 Å². The Morgan fingerprint density at radius 3 is 2.44 bits per heavy atom. The molecule has 0 saturated heterocycles. The Morgan fingerprint density at radius 1 is 1.33 bits per heavy atom. The second-order valence-corrected chi connectivity index (χ2v) is 3.76. The molecule has 0 spiro atoms. The molecule has 1 aromatic carbocycles. The van der Waals surface area contributed by atoms with E-state index in [1.165, 1.54) is 24.3 Å². The number of carbonyl (C=O) groups excluding carboxylic acids is 2. The van der Waals surface area contributed by atoms with Crippen LogP contribution in [0.5, 0.6) is 0 Å². The maximum Gasteiger partial charge on any atom is 0.240 e. The van der Waals surface area contributed by atoms with Gasteiger partial charge in [-0.1, -0.05) is 0 Å². The number of hydrogen-bond donors (Lipinski definition) is 3. The fourth-order valence-corrected chi connectivity index (χ4v) is 1.42. The Hall–Kier alpha value is -2.11. The lowest BCUT2D eigenvalue weighted by molar-refractivity contribution is -0.125. The maximum atomic E-state index is 12.7. The minimum atomic E-state index is -0.818. The summed E-state index contributed by atoms with van der Waals surface area (Å²) in [6, 6.07) is 4.65. The van der Waals surface area contributed by atoms with Crippen LogP contribution in [0.1, 0.15) is 13.3 Å². The topological polar surface area (TPSA) is 84.2 Å². The molecule has 98 valence electrons. The van der Waals surface area contributed by atoms with E-state index in [0.29, 0.717) is 12.2 Å². The van der Waals surface area contributed by atoms with E-state index in [2.05, 4.69) is 10.6 Å². The van der Waals surface area contributed by atoms with Gasteiger partial charge in [-0.15, -0.1) is 0 Å². The summed E-state index contributed by atoms with van der Waals surface area (Å²) < 4.78 is 12.7. The number of nitrogens with two attached hydrogens (primary N) is 1. The molecule has 18 heavy (non-hydrogen) atoms. The Morgan fingerprint density at radius 2 is 1.94 bits per heavy atom. The lowest BCUT2D eigenvalue weighted by Gasteiger charge is -2.16. The summed E-state index contributed by atoms with van der Waals surface area (Å²) in [7, 11) is 0. The lowest BCUT2D eigenvalue weighted by atomic mass is 10.1. The molecule has 0 saturated carbocycles. The average molecular weight is 253 g/mol. The molecule has 0 aromatic heterocycles. The van der Waals surface area contributed by atoms with Crippen LogP contribution >= 0.6 is 0 Å². The van der Waals surface area contributed by atoms with Crippen LogP contribution in [0.3, 0.4) is 0 Å². The molecule has 5 nitrogen and oxygen atoms in total. The summed E-state index contributed by atoms with van der Waals surface area (Å²) in [5.74, 6) is -1.28. The van der Waals surface area contributed by atoms with Crippen LogP contribution in [0.2, 0.25) is 0 Å². The SMILES string of the molecule is CCNC(=O)CC(Nc1ccc(F)cc1)C(N)=O. The van der Waals surface area contributed by atoms with Gasteiger partial charge in [-0.25, -0.2) is 4.39 Å². The predicted molar refractivity (Wildman–Crippen MR) is 66.3 cm³/mol. The molecule has 2 amide bonds. The van der Waals surface area contributed by atoms with Crippen molar-refractivity contribution in [3.8, 4) is 0 Å². The molecule has 4 N–H and O–H groups in total. The van der Waals surface area contributed by atoms with E-state index in [9.17, 15) is 14.0 Å². The number of nitrogens with one attached hydrogen (secondary N) is 2. The monoisotopic (exact) mass is 253 g/mol. The van der Waals surface area contributed by atoms with Crippen LogP contribution in [-0.2, 0) is 9.59 Å². The largest absolute Gasteiger partial charge is 0.373 e. The highest BCUT2D eigenvalue weighted by Gasteiger charge is 2.18. The van der Waals surface area contributed by atoms with E-state index in [-0.39, 0.29) is 18.1 Å². The fraction of sp³-hybridized carbons (Fsp3) is 0.333. The van der Waals surface area contributed by atoms with Gasteiger partial charge >= 0.3 is 0 Å². The number of rotatable bonds is 6. The van der Waals surface area contributed by atoms with Crippen LogP contribution in [0.4, 0.5) is 10.1 Å². The summed E-state index contributed by atoms with van der Waals surface area (Å²) in [5.41, 5.74) is 5.74. The zero-order valence-electron chi connectivity index (χ0n) is 10.1. The smallest absolute Gasteiger partial charge is 0.240 e. The molecule has 6 heteroatoms. The quantitative estimate of drug-likeness (QED) is 0.694. The predicted octanol–water partition coefficient (Wildman–Crippen LogP) is 0.618. The van der Waals surface area contributed by atoms with Crippen molar-refractivity contribution in [2.45, 2.75) is 19.4 Å². The van der Waals surface area contributed by atoms with Crippen LogP contribution in [-0.4, -0.2) is 24.4 Å². The highest BCUT2D eigenvalue weighted by molar-refractivity contribution is 5.89. The average Bonchev–Trinajstić information content (AvgIpc) is 2.31. The van der Waals surface area contributed by atoms with Gasteiger partial charge in [0.15, 0.2) is 0 Å². The molecule has 0 heterocycles. The van der Waals surface area contributed by atoms with Gasteiger partial charge in [-0.05, 0) is 31.2 Å². The number of anilines is 1. The van der Waals surface area contributed by atoms with Gasteiger partial charge in [-0.3, -0.25) is 9.59 Å². The molecule has 0 aliphatic carbocycles. The molecule has 1 unspecified atom stereocenters. The van der Waals surface area contributed by atoms with Gasteiger partial charge in [0.05, 0.1) is 6.42 Å². The Balaban J connectivity index is 2.65. The Bertz CT molecular complexity index is 420. The standard InChI is InChI=1S/C12H16FN3O2/c1-2-15-11(17)7-10(12(14)18)16-9-5-3-8(13)4-6-9/h3-6,10,16H,2,7H2,1H3,(H2,14,18)(H,15,17). The highest BCUT2D eigenvalue weighted by Crippen LogP contribution is 2.11. The summed E-state index contributed by atoms with van der Waals surface area (Å²) >= 11 is 0. The number of primary amides is 1. The minimum Gasteiger partial charge on any atom is -0.373 e. The van der Waals surface area contributed by atoms with E-state index in [1.807, 2.05) is 0 Å². The first kappa shape index (κ1) is 14.0. The van der Waals surface area contributed by atoms with Crippen molar-refractivity contribution >= 4 is 17.5 Å². The second-order valence-electron chi connectivity index (χ2n) is 3.76. The number of carbonyl (C=O) groups is 2. The Kier molecular flexibility index (Phi) is 5.10. The molecular weight excluding hydrogens is 237 g/mol. The van der Waals surface area contributed by atoms with Crippen molar-refractivity contribution in [2.75, 3.05) is 11.9 Å². The second kappa shape index (κ2) is 6.58. The Labute approximate surface area is 105 Å². The van der Waals surface area contributed by atoms with Crippen molar-refractivity contribution in [3.05, 3.63) is 30.1 Å². The first-order chi connectivity index (χ1) is 8.52. The van der Waals surface area contributed by atoms with E-state index >= 15 is 0 Å². The summed E-state index contributed by atoms with van der Waals surface area (Å²) in [6.07, 6.45) is -0.0550. The fourth-order valence-electron chi connectivity index (χ4n) is 1.42. The normalized spacial score (nSPS) is 11.7. The van der Waals surface area contributed by atoms with Gasteiger partial charge < -0.3 is 16.4 Å². The number of amides is 2. The van der Waals surface area contributed by atoms with Gasteiger partial charge in [0.1, 0.15) is 11.9 Å². The zero-order valence-corrected chi connectivity index (χ0v) is 10.1. The van der Waals surface area contributed by atoms with Gasteiger partial charge in [-0.2, -0.15) is 0 Å². The molecule has 0 fully saturated rings. The molecule has 0 aliphatic rings. The molecular formula is C12H16FN3O2. The van der Waals surface area contributed by atoms with Crippen molar-refractivity contribution < 1.29 is 14.0 Å². The van der Waals surface area contributed by atoms with Crippen molar-refractivity contribution in [2.24, 2.45) is 5.73 Å². The third-order valence-corrected chi connectivity index (χ3v) is 2.29. The summed E-state index contributed by atoms with van der Waals surface area (Å²) in [6.45, 7) is 2.27. The molecule has 0 bridgehead atoms. The highest BCUT2D eigenvalue weighted by atomic mass is 19.1.